The third kappa shape index (κ3) is 2.87. The number of aryl methyl sites for hydroxylation is 1. The van der Waals surface area contributed by atoms with Crippen molar-refractivity contribution < 1.29 is 0 Å². The molecule has 1 aliphatic rings. The summed E-state index contributed by atoms with van der Waals surface area (Å²) >= 11 is 3.61. The zero-order chi connectivity index (χ0) is 15.0. The number of benzene rings is 1. The Morgan fingerprint density at radius 3 is 2.57 bits per heavy atom. The van der Waals surface area contributed by atoms with Crippen molar-refractivity contribution in [3.63, 3.8) is 0 Å². The van der Waals surface area contributed by atoms with Gasteiger partial charge in [-0.2, -0.15) is 0 Å². The number of halogens is 1. The van der Waals surface area contributed by atoms with Crippen molar-refractivity contribution in [2.75, 3.05) is 10.7 Å². The third-order valence-corrected chi connectivity index (χ3v) is 4.74. The third-order valence-electron chi connectivity index (χ3n) is 3.69. The lowest BCUT2D eigenvalue weighted by Gasteiger charge is -2.15. The first-order valence-corrected chi connectivity index (χ1v) is 7.76. The van der Waals surface area contributed by atoms with Gasteiger partial charge < -0.3 is 10.7 Å². The smallest absolute Gasteiger partial charge is 0.148 e. The number of nitrogens with one attached hydrogen (secondary N) is 2. The van der Waals surface area contributed by atoms with Crippen molar-refractivity contribution in [2.24, 2.45) is 5.84 Å². The van der Waals surface area contributed by atoms with E-state index in [4.69, 9.17) is 5.84 Å². The highest BCUT2D eigenvalue weighted by Gasteiger charge is 2.28. The van der Waals surface area contributed by atoms with Gasteiger partial charge in [0, 0.05) is 16.0 Å². The Kier molecular flexibility index (Phi) is 3.82. The van der Waals surface area contributed by atoms with Crippen molar-refractivity contribution in [1.82, 2.24) is 9.97 Å². The SMILES string of the molecule is Cc1cccc(Nc2nc(C3CC3)nc(NN)c2C)c1Br. The molecule has 2 aromatic rings. The Hall–Kier alpha value is -1.66. The summed E-state index contributed by atoms with van der Waals surface area (Å²) in [5, 5.41) is 3.39. The van der Waals surface area contributed by atoms with Crippen LogP contribution in [-0.2, 0) is 0 Å². The molecule has 1 aliphatic carbocycles. The molecule has 0 saturated heterocycles. The molecule has 1 saturated carbocycles. The maximum atomic E-state index is 5.58. The van der Waals surface area contributed by atoms with E-state index in [2.05, 4.69) is 49.6 Å². The van der Waals surface area contributed by atoms with E-state index in [9.17, 15) is 0 Å². The highest BCUT2D eigenvalue weighted by atomic mass is 79.9. The summed E-state index contributed by atoms with van der Waals surface area (Å²) < 4.78 is 1.04. The predicted molar refractivity (Wildman–Crippen MR) is 88.7 cm³/mol. The minimum absolute atomic E-state index is 0.471. The Morgan fingerprint density at radius 1 is 1.19 bits per heavy atom. The maximum Gasteiger partial charge on any atom is 0.148 e. The standard InChI is InChI=1S/C15H18BrN5/c1-8-4-3-5-11(12(8)16)18-13-9(2)14(21-17)20-15(19-13)10-6-7-10/h3-5,10H,6-7,17H2,1-2H3,(H2,18,19,20,21). The first kappa shape index (κ1) is 14.3. The summed E-state index contributed by atoms with van der Waals surface area (Å²) in [5.74, 6) is 8.39. The Labute approximate surface area is 132 Å². The monoisotopic (exact) mass is 347 g/mol. The summed E-state index contributed by atoms with van der Waals surface area (Å²) in [6.45, 7) is 4.02. The summed E-state index contributed by atoms with van der Waals surface area (Å²) in [6, 6.07) is 6.10. The van der Waals surface area contributed by atoms with Crippen molar-refractivity contribution >= 4 is 33.3 Å². The zero-order valence-electron chi connectivity index (χ0n) is 12.1. The van der Waals surface area contributed by atoms with Crippen molar-refractivity contribution in [2.45, 2.75) is 32.6 Å². The number of nitrogen functional groups attached to an aromatic ring is 1. The fourth-order valence-electron chi connectivity index (χ4n) is 2.19. The van der Waals surface area contributed by atoms with E-state index in [-0.39, 0.29) is 0 Å². The summed E-state index contributed by atoms with van der Waals surface area (Å²) in [5.41, 5.74) is 5.74. The second-order valence-electron chi connectivity index (χ2n) is 5.38. The summed E-state index contributed by atoms with van der Waals surface area (Å²) in [6.07, 6.45) is 2.31. The van der Waals surface area contributed by atoms with Crippen LogP contribution in [0, 0.1) is 13.8 Å². The van der Waals surface area contributed by atoms with Crippen LogP contribution >= 0.6 is 15.9 Å². The number of hydrogen-bond acceptors (Lipinski definition) is 5. The van der Waals surface area contributed by atoms with Crippen LogP contribution in [0.5, 0.6) is 0 Å². The van der Waals surface area contributed by atoms with Crippen LogP contribution in [0.2, 0.25) is 0 Å². The quantitative estimate of drug-likeness (QED) is 0.579. The van der Waals surface area contributed by atoms with Crippen LogP contribution in [-0.4, -0.2) is 9.97 Å². The van der Waals surface area contributed by atoms with Gasteiger partial charge in [0.25, 0.3) is 0 Å². The second kappa shape index (κ2) is 5.61. The molecule has 110 valence electrons. The molecule has 1 aromatic carbocycles. The van der Waals surface area contributed by atoms with Gasteiger partial charge in [-0.05, 0) is 54.2 Å². The largest absolute Gasteiger partial charge is 0.339 e. The molecule has 0 bridgehead atoms. The normalized spacial score (nSPS) is 14.1. The number of nitrogens with zero attached hydrogens (tertiary/aromatic N) is 2. The van der Waals surface area contributed by atoms with E-state index < -0.39 is 0 Å². The van der Waals surface area contributed by atoms with E-state index in [0.717, 1.165) is 40.2 Å². The van der Waals surface area contributed by atoms with Gasteiger partial charge in [0.2, 0.25) is 0 Å². The van der Waals surface area contributed by atoms with E-state index in [1.54, 1.807) is 0 Å². The van der Waals surface area contributed by atoms with Gasteiger partial charge >= 0.3 is 0 Å². The van der Waals surface area contributed by atoms with Gasteiger partial charge in [0.05, 0.1) is 5.69 Å². The molecule has 5 nitrogen and oxygen atoms in total. The number of nitrogens with two attached hydrogens (primary N) is 1. The van der Waals surface area contributed by atoms with Gasteiger partial charge in [-0.3, -0.25) is 0 Å². The van der Waals surface area contributed by atoms with Crippen LogP contribution in [0.15, 0.2) is 22.7 Å². The average Bonchev–Trinajstić information content (AvgIpc) is 3.30. The molecule has 0 amide bonds. The van der Waals surface area contributed by atoms with E-state index in [1.807, 2.05) is 19.1 Å². The lowest BCUT2D eigenvalue weighted by molar-refractivity contribution is 0.920. The Balaban J connectivity index is 2.01. The lowest BCUT2D eigenvalue weighted by Crippen LogP contribution is -2.14. The Morgan fingerprint density at radius 2 is 1.90 bits per heavy atom. The summed E-state index contributed by atoms with van der Waals surface area (Å²) in [4.78, 5) is 9.17. The average molecular weight is 348 g/mol. The van der Waals surface area contributed by atoms with E-state index in [1.165, 1.54) is 5.56 Å². The number of aromatic nitrogens is 2. The molecular weight excluding hydrogens is 330 g/mol. The van der Waals surface area contributed by atoms with E-state index in [0.29, 0.717) is 11.7 Å². The molecule has 0 atom stereocenters. The number of hydrogen-bond donors (Lipinski definition) is 3. The van der Waals surface area contributed by atoms with Crippen molar-refractivity contribution in [3.8, 4) is 0 Å². The number of anilines is 3. The second-order valence-corrected chi connectivity index (χ2v) is 6.18. The maximum absolute atomic E-state index is 5.58. The molecule has 1 heterocycles. The topological polar surface area (TPSA) is 75.9 Å². The highest BCUT2D eigenvalue weighted by Crippen LogP contribution is 2.40. The molecule has 21 heavy (non-hydrogen) atoms. The molecule has 0 spiro atoms. The van der Waals surface area contributed by atoms with Crippen molar-refractivity contribution in [1.29, 1.82) is 0 Å². The van der Waals surface area contributed by atoms with Crippen LogP contribution < -0.4 is 16.6 Å². The minimum Gasteiger partial charge on any atom is -0.339 e. The van der Waals surface area contributed by atoms with Crippen LogP contribution in [0.3, 0.4) is 0 Å². The van der Waals surface area contributed by atoms with Gasteiger partial charge in [-0.25, -0.2) is 15.8 Å². The first-order chi connectivity index (χ1) is 10.1. The zero-order valence-corrected chi connectivity index (χ0v) is 13.7. The lowest BCUT2D eigenvalue weighted by atomic mass is 10.2. The van der Waals surface area contributed by atoms with Gasteiger partial charge in [-0.15, -0.1) is 0 Å². The highest BCUT2D eigenvalue weighted by molar-refractivity contribution is 9.10. The number of rotatable bonds is 4. The molecule has 0 unspecified atom stereocenters. The molecule has 6 heteroatoms. The molecule has 4 N–H and O–H groups in total. The van der Waals surface area contributed by atoms with Crippen LogP contribution in [0.25, 0.3) is 0 Å². The molecule has 0 radical (unpaired) electrons. The molecule has 1 fully saturated rings. The Bertz CT molecular complexity index is 682. The summed E-state index contributed by atoms with van der Waals surface area (Å²) in [7, 11) is 0. The predicted octanol–water partition coefficient (Wildman–Crippen LogP) is 3.76. The van der Waals surface area contributed by atoms with Crippen LogP contribution in [0.1, 0.15) is 35.7 Å². The fraction of sp³-hybridized carbons (Fsp3) is 0.333. The van der Waals surface area contributed by atoms with Gasteiger partial charge in [-0.1, -0.05) is 12.1 Å². The molecular formula is C15H18BrN5. The fourth-order valence-corrected chi connectivity index (χ4v) is 2.56. The molecule has 1 aromatic heterocycles. The van der Waals surface area contributed by atoms with Gasteiger partial charge in [0.1, 0.15) is 17.5 Å². The van der Waals surface area contributed by atoms with Gasteiger partial charge in [0.15, 0.2) is 0 Å². The number of hydrazine groups is 1. The van der Waals surface area contributed by atoms with Crippen molar-refractivity contribution in [3.05, 3.63) is 39.6 Å². The van der Waals surface area contributed by atoms with E-state index >= 15 is 0 Å². The molecule has 3 rings (SSSR count). The first-order valence-electron chi connectivity index (χ1n) is 6.97. The van der Waals surface area contributed by atoms with Crippen LogP contribution in [0.4, 0.5) is 17.3 Å². The molecule has 0 aliphatic heterocycles. The minimum atomic E-state index is 0.471.